The zero-order chi connectivity index (χ0) is 10.1. The van der Waals surface area contributed by atoms with Crippen LogP contribution in [0.1, 0.15) is 31.4 Å². The molecule has 0 fully saturated rings. The van der Waals surface area contributed by atoms with Crippen molar-refractivity contribution < 1.29 is 4.39 Å². The first kappa shape index (κ1) is 10.2. The molecule has 13 heavy (non-hydrogen) atoms. The number of rotatable bonds is 2. The zero-order valence-electron chi connectivity index (χ0n) is 8.39. The summed E-state index contributed by atoms with van der Waals surface area (Å²) in [7, 11) is 0. The van der Waals surface area contributed by atoms with Gasteiger partial charge in [0.15, 0.2) is 0 Å². The summed E-state index contributed by atoms with van der Waals surface area (Å²) in [4.78, 5) is 0. The summed E-state index contributed by atoms with van der Waals surface area (Å²) in [5, 5.41) is 0. The summed E-state index contributed by atoms with van der Waals surface area (Å²) in [6.45, 7) is 5.79. The fraction of sp³-hybridized carbons (Fsp3) is 0.455. The SMILES string of the molecule is CCC(C)(N)c1cc(C)cc(F)c1. The molecule has 0 spiro atoms. The maximum atomic E-state index is 13.0. The van der Waals surface area contributed by atoms with Crippen molar-refractivity contribution in [3.05, 3.63) is 35.1 Å². The average molecular weight is 181 g/mol. The number of nitrogens with two attached hydrogens (primary N) is 1. The number of hydrogen-bond donors (Lipinski definition) is 1. The van der Waals surface area contributed by atoms with Gasteiger partial charge in [0.25, 0.3) is 0 Å². The first-order valence-corrected chi connectivity index (χ1v) is 4.52. The van der Waals surface area contributed by atoms with Gasteiger partial charge in [0.05, 0.1) is 0 Å². The molecule has 1 rings (SSSR count). The Hall–Kier alpha value is -0.890. The van der Waals surface area contributed by atoms with E-state index < -0.39 is 5.54 Å². The van der Waals surface area contributed by atoms with Crippen LogP contribution in [0.5, 0.6) is 0 Å². The molecule has 0 aromatic heterocycles. The van der Waals surface area contributed by atoms with Gasteiger partial charge >= 0.3 is 0 Å². The summed E-state index contributed by atoms with van der Waals surface area (Å²) in [5.74, 6) is -0.208. The van der Waals surface area contributed by atoms with Gasteiger partial charge in [0, 0.05) is 5.54 Å². The Morgan fingerprint density at radius 2 is 2.00 bits per heavy atom. The highest BCUT2D eigenvalue weighted by Gasteiger charge is 2.19. The second-order valence-corrected chi connectivity index (χ2v) is 3.79. The van der Waals surface area contributed by atoms with Crippen LogP contribution in [-0.4, -0.2) is 0 Å². The van der Waals surface area contributed by atoms with Gasteiger partial charge in [-0.05, 0) is 43.5 Å². The summed E-state index contributed by atoms with van der Waals surface area (Å²) in [5.41, 5.74) is 7.37. The van der Waals surface area contributed by atoms with Crippen LogP contribution in [0.4, 0.5) is 4.39 Å². The van der Waals surface area contributed by atoms with Crippen molar-refractivity contribution in [3.63, 3.8) is 0 Å². The molecule has 0 saturated heterocycles. The van der Waals surface area contributed by atoms with E-state index in [1.807, 2.05) is 26.8 Å². The maximum Gasteiger partial charge on any atom is 0.123 e. The molecule has 0 bridgehead atoms. The van der Waals surface area contributed by atoms with Gasteiger partial charge in [-0.25, -0.2) is 4.39 Å². The highest BCUT2D eigenvalue weighted by molar-refractivity contribution is 5.28. The van der Waals surface area contributed by atoms with E-state index in [1.54, 1.807) is 0 Å². The molecule has 2 heteroatoms. The van der Waals surface area contributed by atoms with Gasteiger partial charge < -0.3 is 5.73 Å². The van der Waals surface area contributed by atoms with Crippen molar-refractivity contribution >= 4 is 0 Å². The minimum Gasteiger partial charge on any atom is -0.322 e. The van der Waals surface area contributed by atoms with Crippen LogP contribution >= 0.6 is 0 Å². The van der Waals surface area contributed by atoms with Crippen LogP contribution in [-0.2, 0) is 5.54 Å². The van der Waals surface area contributed by atoms with Crippen LogP contribution in [0.15, 0.2) is 18.2 Å². The van der Waals surface area contributed by atoms with Crippen LogP contribution in [0.2, 0.25) is 0 Å². The molecule has 0 saturated carbocycles. The smallest absolute Gasteiger partial charge is 0.123 e. The fourth-order valence-electron chi connectivity index (χ4n) is 1.27. The van der Waals surface area contributed by atoms with E-state index in [9.17, 15) is 4.39 Å². The minimum absolute atomic E-state index is 0.208. The van der Waals surface area contributed by atoms with E-state index in [-0.39, 0.29) is 5.82 Å². The van der Waals surface area contributed by atoms with Crippen molar-refractivity contribution in [2.24, 2.45) is 5.73 Å². The highest BCUT2D eigenvalue weighted by Crippen LogP contribution is 2.22. The van der Waals surface area contributed by atoms with Crippen molar-refractivity contribution in [2.75, 3.05) is 0 Å². The maximum absolute atomic E-state index is 13.0. The number of benzene rings is 1. The Bertz CT molecular complexity index is 285. The first-order chi connectivity index (χ1) is 5.95. The predicted molar refractivity (Wildman–Crippen MR) is 53.0 cm³/mol. The number of hydrogen-bond acceptors (Lipinski definition) is 1. The molecule has 1 nitrogen and oxygen atoms in total. The lowest BCUT2D eigenvalue weighted by atomic mass is 9.89. The molecule has 0 radical (unpaired) electrons. The van der Waals surface area contributed by atoms with Crippen molar-refractivity contribution in [2.45, 2.75) is 32.7 Å². The first-order valence-electron chi connectivity index (χ1n) is 4.52. The van der Waals surface area contributed by atoms with Crippen LogP contribution < -0.4 is 5.73 Å². The molecular weight excluding hydrogens is 165 g/mol. The molecule has 2 N–H and O–H groups in total. The van der Waals surface area contributed by atoms with Gasteiger partial charge in [-0.1, -0.05) is 13.0 Å². The molecule has 1 atom stereocenters. The molecule has 0 heterocycles. The van der Waals surface area contributed by atoms with E-state index in [2.05, 4.69) is 0 Å². The van der Waals surface area contributed by atoms with Gasteiger partial charge in [0.2, 0.25) is 0 Å². The molecule has 1 aromatic rings. The van der Waals surface area contributed by atoms with Crippen molar-refractivity contribution in [1.29, 1.82) is 0 Å². The second kappa shape index (κ2) is 3.46. The topological polar surface area (TPSA) is 26.0 Å². The Morgan fingerprint density at radius 1 is 1.38 bits per heavy atom. The minimum atomic E-state index is -0.424. The molecule has 0 aliphatic heterocycles. The quantitative estimate of drug-likeness (QED) is 0.745. The summed E-state index contributed by atoms with van der Waals surface area (Å²) >= 11 is 0. The average Bonchev–Trinajstić information content (AvgIpc) is 2.02. The lowest BCUT2D eigenvalue weighted by Crippen LogP contribution is -2.32. The highest BCUT2D eigenvalue weighted by atomic mass is 19.1. The number of aryl methyl sites for hydroxylation is 1. The van der Waals surface area contributed by atoms with E-state index >= 15 is 0 Å². The van der Waals surface area contributed by atoms with Gasteiger partial charge in [0.1, 0.15) is 5.82 Å². The third-order valence-electron chi connectivity index (χ3n) is 2.44. The Kier molecular flexibility index (Phi) is 2.71. The zero-order valence-corrected chi connectivity index (χ0v) is 8.39. The molecular formula is C11H16FN. The standard InChI is InChI=1S/C11H16FN/c1-4-11(3,13)9-5-8(2)6-10(12)7-9/h5-7H,4,13H2,1-3H3. The molecule has 0 amide bonds. The van der Waals surface area contributed by atoms with Gasteiger partial charge in [-0.2, -0.15) is 0 Å². The predicted octanol–water partition coefficient (Wildman–Crippen LogP) is 2.72. The molecule has 0 aliphatic carbocycles. The fourth-order valence-corrected chi connectivity index (χ4v) is 1.27. The molecule has 1 aromatic carbocycles. The summed E-state index contributed by atoms with van der Waals surface area (Å²) in [6, 6.07) is 4.96. The largest absolute Gasteiger partial charge is 0.322 e. The van der Waals surface area contributed by atoms with E-state index in [1.165, 1.54) is 12.1 Å². The Morgan fingerprint density at radius 3 is 2.46 bits per heavy atom. The summed E-state index contributed by atoms with van der Waals surface area (Å²) in [6.07, 6.45) is 0.801. The number of halogens is 1. The molecule has 0 aliphatic rings. The van der Waals surface area contributed by atoms with Crippen LogP contribution in [0, 0.1) is 12.7 Å². The third kappa shape index (κ3) is 2.28. The van der Waals surface area contributed by atoms with Crippen LogP contribution in [0.3, 0.4) is 0 Å². The summed E-state index contributed by atoms with van der Waals surface area (Å²) < 4.78 is 13.0. The van der Waals surface area contributed by atoms with Crippen molar-refractivity contribution in [1.82, 2.24) is 0 Å². The van der Waals surface area contributed by atoms with E-state index in [0.29, 0.717) is 0 Å². The molecule has 1 unspecified atom stereocenters. The van der Waals surface area contributed by atoms with E-state index in [4.69, 9.17) is 5.73 Å². The Balaban J connectivity index is 3.15. The lowest BCUT2D eigenvalue weighted by molar-refractivity contribution is 0.471. The van der Waals surface area contributed by atoms with Gasteiger partial charge in [-0.3, -0.25) is 0 Å². The van der Waals surface area contributed by atoms with E-state index in [0.717, 1.165) is 17.5 Å². The second-order valence-electron chi connectivity index (χ2n) is 3.79. The van der Waals surface area contributed by atoms with Crippen molar-refractivity contribution in [3.8, 4) is 0 Å². The lowest BCUT2D eigenvalue weighted by Gasteiger charge is -2.23. The molecule has 72 valence electrons. The third-order valence-corrected chi connectivity index (χ3v) is 2.44. The normalized spacial score (nSPS) is 15.5. The van der Waals surface area contributed by atoms with Gasteiger partial charge in [-0.15, -0.1) is 0 Å². The monoisotopic (exact) mass is 181 g/mol. The Labute approximate surface area is 78.8 Å². The van der Waals surface area contributed by atoms with Crippen LogP contribution in [0.25, 0.3) is 0 Å².